The van der Waals surface area contributed by atoms with Crippen molar-refractivity contribution in [3.63, 3.8) is 0 Å². The van der Waals surface area contributed by atoms with E-state index >= 15 is 0 Å². The first-order valence-corrected chi connectivity index (χ1v) is 8.24. The molecule has 1 N–H and O–H groups in total. The van der Waals surface area contributed by atoms with Crippen LogP contribution < -0.4 is 5.32 Å². The molecule has 0 radical (unpaired) electrons. The van der Waals surface area contributed by atoms with Gasteiger partial charge in [-0.1, -0.05) is 41.9 Å². The Labute approximate surface area is 138 Å². The van der Waals surface area contributed by atoms with Gasteiger partial charge in [0, 0.05) is 15.6 Å². The zero-order chi connectivity index (χ0) is 15.4. The van der Waals surface area contributed by atoms with Gasteiger partial charge in [-0.3, -0.25) is 4.79 Å². The summed E-state index contributed by atoms with van der Waals surface area (Å²) in [6, 6.07) is 21.5. The number of rotatable bonds is 4. The molecule has 0 unspecified atom stereocenters. The summed E-state index contributed by atoms with van der Waals surface area (Å²) in [5, 5.41) is 5.91. The zero-order valence-corrected chi connectivity index (χ0v) is 13.3. The number of carbonyl (C=O) groups excluding carboxylic acids is 1. The van der Waals surface area contributed by atoms with Crippen LogP contribution in [-0.4, -0.2) is 11.7 Å². The van der Waals surface area contributed by atoms with Crippen molar-refractivity contribution in [3.05, 3.63) is 71.8 Å². The molecule has 0 aliphatic heterocycles. The first-order chi connectivity index (χ1) is 10.7. The van der Waals surface area contributed by atoms with Gasteiger partial charge in [0.15, 0.2) is 0 Å². The molecule has 0 atom stereocenters. The highest BCUT2D eigenvalue weighted by atomic mass is 35.5. The Morgan fingerprint density at radius 2 is 1.68 bits per heavy atom. The van der Waals surface area contributed by atoms with E-state index in [1.807, 2.05) is 18.2 Å². The SMILES string of the molecule is O=C(CSc1ccc2ccccc2c1)Nc1ccc(Cl)cc1. The molecule has 0 saturated carbocycles. The van der Waals surface area contributed by atoms with Gasteiger partial charge >= 0.3 is 0 Å². The molecule has 2 nitrogen and oxygen atoms in total. The Morgan fingerprint density at radius 3 is 2.45 bits per heavy atom. The summed E-state index contributed by atoms with van der Waals surface area (Å²) in [7, 11) is 0. The number of nitrogens with one attached hydrogen (secondary N) is 1. The number of carbonyl (C=O) groups is 1. The molecule has 1 amide bonds. The van der Waals surface area contributed by atoms with Gasteiger partial charge in [-0.05, 0) is 47.2 Å². The lowest BCUT2D eigenvalue weighted by Crippen LogP contribution is -2.13. The number of hydrogen-bond donors (Lipinski definition) is 1. The summed E-state index contributed by atoms with van der Waals surface area (Å²) in [4.78, 5) is 13.1. The molecule has 0 fully saturated rings. The number of hydrogen-bond acceptors (Lipinski definition) is 2. The topological polar surface area (TPSA) is 29.1 Å². The predicted molar refractivity (Wildman–Crippen MR) is 94.8 cm³/mol. The smallest absolute Gasteiger partial charge is 0.234 e. The summed E-state index contributed by atoms with van der Waals surface area (Å²) < 4.78 is 0. The minimum absolute atomic E-state index is 0.0273. The molecule has 22 heavy (non-hydrogen) atoms. The van der Waals surface area contributed by atoms with Crippen LogP contribution in [0.2, 0.25) is 5.02 Å². The first-order valence-electron chi connectivity index (χ1n) is 6.88. The fourth-order valence-corrected chi connectivity index (χ4v) is 3.01. The fraction of sp³-hybridized carbons (Fsp3) is 0.0556. The Bertz CT molecular complexity index is 802. The van der Waals surface area contributed by atoms with Crippen molar-refractivity contribution in [2.45, 2.75) is 4.90 Å². The van der Waals surface area contributed by atoms with Gasteiger partial charge in [0.1, 0.15) is 0 Å². The van der Waals surface area contributed by atoms with Crippen LogP contribution in [0.15, 0.2) is 71.6 Å². The second-order valence-electron chi connectivity index (χ2n) is 4.85. The molecule has 0 spiro atoms. The van der Waals surface area contributed by atoms with E-state index in [1.54, 1.807) is 24.3 Å². The highest BCUT2D eigenvalue weighted by molar-refractivity contribution is 8.00. The molecule has 0 heterocycles. The third kappa shape index (κ3) is 3.81. The lowest BCUT2D eigenvalue weighted by Gasteiger charge is -2.06. The van der Waals surface area contributed by atoms with E-state index in [4.69, 9.17) is 11.6 Å². The number of anilines is 1. The highest BCUT2D eigenvalue weighted by Gasteiger charge is 2.04. The van der Waals surface area contributed by atoms with E-state index in [-0.39, 0.29) is 5.91 Å². The molecule has 3 aromatic rings. The summed E-state index contributed by atoms with van der Waals surface area (Å²) in [5.41, 5.74) is 0.758. The van der Waals surface area contributed by atoms with E-state index in [2.05, 4.69) is 29.6 Å². The van der Waals surface area contributed by atoms with E-state index in [0.29, 0.717) is 10.8 Å². The Morgan fingerprint density at radius 1 is 0.955 bits per heavy atom. The number of benzene rings is 3. The Hall–Kier alpha value is -1.97. The largest absolute Gasteiger partial charge is 0.325 e. The molecule has 4 heteroatoms. The van der Waals surface area contributed by atoms with E-state index in [1.165, 1.54) is 22.5 Å². The monoisotopic (exact) mass is 327 g/mol. The summed E-state index contributed by atoms with van der Waals surface area (Å²) in [5.74, 6) is 0.349. The number of thioether (sulfide) groups is 1. The van der Waals surface area contributed by atoms with Crippen LogP contribution in [0.25, 0.3) is 10.8 Å². The molecule has 0 aliphatic carbocycles. The van der Waals surface area contributed by atoms with Crippen LogP contribution in [0.4, 0.5) is 5.69 Å². The van der Waals surface area contributed by atoms with Crippen LogP contribution in [-0.2, 0) is 4.79 Å². The molecular weight excluding hydrogens is 314 g/mol. The summed E-state index contributed by atoms with van der Waals surface area (Å²) in [6.45, 7) is 0. The maximum Gasteiger partial charge on any atom is 0.234 e. The molecule has 3 aromatic carbocycles. The number of fused-ring (bicyclic) bond motifs is 1. The molecule has 0 aliphatic rings. The maximum absolute atomic E-state index is 12.0. The molecular formula is C18H14ClNOS. The van der Waals surface area contributed by atoms with Crippen molar-refractivity contribution >= 4 is 45.7 Å². The van der Waals surface area contributed by atoms with Crippen molar-refractivity contribution < 1.29 is 4.79 Å². The lowest BCUT2D eigenvalue weighted by atomic mass is 10.1. The van der Waals surface area contributed by atoms with E-state index in [9.17, 15) is 4.79 Å². The molecule has 0 bridgehead atoms. The van der Waals surface area contributed by atoms with Gasteiger partial charge in [-0.25, -0.2) is 0 Å². The molecule has 0 aromatic heterocycles. The quantitative estimate of drug-likeness (QED) is 0.665. The zero-order valence-electron chi connectivity index (χ0n) is 11.8. The second kappa shape index (κ2) is 6.86. The molecule has 110 valence electrons. The minimum atomic E-state index is -0.0273. The Balaban J connectivity index is 1.60. The van der Waals surface area contributed by atoms with Crippen LogP contribution in [0, 0.1) is 0 Å². The normalized spacial score (nSPS) is 10.6. The van der Waals surface area contributed by atoms with Crippen LogP contribution in [0.5, 0.6) is 0 Å². The van der Waals surface area contributed by atoms with E-state index < -0.39 is 0 Å². The highest BCUT2D eigenvalue weighted by Crippen LogP contribution is 2.24. The third-order valence-electron chi connectivity index (χ3n) is 3.22. The van der Waals surface area contributed by atoms with Crippen LogP contribution >= 0.6 is 23.4 Å². The molecule has 3 rings (SSSR count). The lowest BCUT2D eigenvalue weighted by molar-refractivity contribution is -0.113. The predicted octanol–water partition coefficient (Wildman–Crippen LogP) is 5.22. The van der Waals surface area contributed by atoms with Gasteiger partial charge in [0.25, 0.3) is 0 Å². The first kappa shape index (κ1) is 14.9. The van der Waals surface area contributed by atoms with Crippen molar-refractivity contribution in [2.24, 2.45) is 0 Å². The third-order valence-corrected chi connectivity index (χ3v) is 4.46. The maximum atomic E-state index is 12.0. The van der Waals surface area contributed by atoms with Gasteiger partial charge in [-0.15, -0.1) is 11.8 Å². The van der Waals surface area contributed by atoms with Gasteiger partial charge in [0.2, 0.25) is 5.91 Å². The van der Waals surface area contributed by atoms with Gasteiger partial charge in [0.05, 0.1) is 5.75 Å². The fourth-order valence-electron chi connectivity index (χ4n) is 2.14. The van der Waals surface area contributed by atoms with Gasteiger partial charge in [-0.2, -0.15) is 0 Å². The Kier molecular flexibility index (Phi) is 4.66. The van der Waals surface area contributed by atoms with Crippen molar-refractivity contribution in [1.82, 2.24) is 0 Å². The number of halogens is 1. The average molecular weight is 328 g/mol. The number of amides is 1. The second-order valence-corrected chi connectivity index (χ2v) is 6.34. The van der Waals surface area contributed by atoms with Crippen LogP contribution in [0.1, 0.15) is 0 Å². The van der Waals surface area contributed by atoms with Crippen molar-refractivity contribution in [1.29, 1.82) is 0 Å². The average Bonchev–Trinajstić information content (AvgIpc) is 2.55. The summed E-state index contributed by atoms with van der Waals surface area (Å²) >= 11 is 7.35. The summed E-state index contributed by atoms with van der Waals surface area (Å²) in [6.07, 6.45) is 0. The minimum Gasteiger partial charge on any atom is -0.325 e. The standard InChI is InChI=1S/C18H14ClNOS/c19-15-6-8-16(9-7-15)20-18(21)12-22-17-10-5-13-3-1-2-4-14(13)11-17/h1-11H,12H2,(H,20,21). The van der Waals surface area contributed by atoms with Gasteiger partial charge < -0.3 is 5.32 Å². The van der Waals surface area contributed by atoms with Crippen LogP contribution in [0.3, 0.4) is 0 Å². The van der Waals surface area contributed by atoms with E-state index in [0.717, 1.165) is 10.6 Å². The van der Waals surface area contributed by atoms with Crippen molar-refractivity contribution in [3.8, 4) is 0 Å². The molecule has 0 saturated heterocycles. The van der Waals surface area contributed by atoms with Crippen molar-refractivity contribution in [2.75, 3.05) is 11.1 Å².